The van der Waals surface area contributed by atoms with Crippen LogP contribution in [0.2, 0.25) is 0 Å². The summed E-state index contributed by atoms with van der Waals surface area (Å²) < 4.78 is 21.6. The summed E-state index contributed by atoms with van der Waals surface area (Å²) in [5, 5.41) is 5.01. The van der Waals surface area contributed by atoms with E-state index in [-0.39, 0.29) is 12.2 Å². The number of benzene rings is 1. The minimum atomic E-state index is -0.515. The molecule has 0 radical (unpaired) electrons. The molecule has 7 heteroatoms. The van der Waals surface area contributed by atoms with Crippen LogP contribution < -0.4 is 10.5 Å². The zero-order valence-electron chi connectivity index (χ0n) is 22.3. The van der Waals surface area contributed by atoms with Gasteiger partial charge < -0.3 is 10.5 Å². The van der Waals surface area contributed by atoms with E-state index in [2.05, 4.69) is 30.0 Å². The molecule has 6 nitrogen and oxygen atoms in total. The average molecular weight is 502 g/mol. The molecule has 0 aliphatic carbocycles. The van der Waals surface area contributed by atoms with E-state index in [9.17, 15) is 4.39 Å². The maximum atomic E-state index is 13.6. The summed E-state index contributed by atoms with van der Waals surface area (Å²) in [6, 6.07) is 11.8. The van der Waals surface area contributed by atoms with Crippen LogP contribution in [-0.4, -0.2) is 39.3 Å². The molecule has 0 fully saturated rings. The Bertz CT molecular complexity index is 1300. The minimum Gasteiger partial charge on any atom is -0.487 e. The molecule has 1 aromatic carbocycles. The Morgan fingerprint density at radius 1 is 1.00 bits per heavy atom. The number of aromatic nitrogens is 3. The van der Waals surface area contributed by atoms with Gasteiger partial charge in [0, 0.05) is 35.9 Å². The van der Waals surface area contributed by atoms with Gasteiger partial charge in [-0.05, 0) is 86.7 Å². The fourth-order valence-corrected chi connectivity index (χ4v) is 4.56. The molecule has 1 aliphatic rings. The number of hydrogen-bond acceptors (Lipinski definition) is 5. The van der Waals surface area contributed by atoms with Crippen molar-refractivity contribution in [2.24, 2.45) is 16.1 Å². The van der Waals surface area contributed by atoms with Crippen LogP contribution in [0.3, 0.4) is 0 Å². The van der Waals surface area contributed by atoms with Crippen molar-refractivity contribution in [3.8, 4) is 28.1 Å². The van der Waals surface area contributed by atoms with Gasteiger partial charge in [-0.15, -0.1) is 0 Å². The van der Waals surface area contributed by atoms with Gasteiger partial charge in [0.05, 0.1) is 23.5 Å². The summed E-state index contributed by atoms with van der Waals surface area (Å²) >= 11 is 0. The summed E-state index contributed by atoms with van der Waals surface area (Å²) in [4.78, 5) is 8.57. The summed E-state index contributed by atoms with van der Waals surface area (Å²) in [5.74, 6) is 0.735. The van der Waals surface area contributed by atoms with E-state index in [1.165, 1.54) is 0 Å². The molecule has 1 unspecified atom stereocenters. The van der Waals surface area contributed by atoms with Gasteiger partial charge >= 0.3 is 0 Å². The van der Waals surface area contributed by atoms with Crippen molar-refractivity contribution in [2.75, 3.05) is 13.3 Å². The number of aliphatic imine (C=N–C) groups is 1. The molecular formula is C30H36FN5O. The monoisotopic (exact) mass is 501 g/mol. The summed E-state index contributed by atoms with van der Waals surface area (Å²) in [5.41, 5.74) is 9.43. The maximum Gasteiger partial charge on any atom is 0.130 e. The van der Waals surface area contributed by atoms with E-state index >= 15 is 0 Å². The molecule has 3 heterocycles. The SMILES string of the molecule is CC1(N)C=CN=C(COc2ccc(-c3nn(C(C)(C)CC(C)(C)CF)cc3-c3ccncc3)cc2)C=C1. The molecule has 1 aliphatic heterocycles. The van der Waals surface area contributed by atoms with E-state index < -0.39 is 11.0 Å². The Hall–Kier alpha value is -3.58. The first kappa shape index (κ1) is 26.5. The number of alkyl halides is 1. The fourth-order valence-electron chi connectivity index (χ4n) is 4.56. The predicted molar refractivity (Wildman–Crippen MR) is 148 cm³/mol. The third kappa shape index (κ3) is 6.60. The largest absolute Gasteiger partial charge is 0.487 e. The van der Waals surface area contributed by atoms with E-state index in [0.717, 1.165) is 33.8 Å². The van der Waals surface area contributed by atoms with Crippen molar-refractivity contribution in [1.82, 2.24) is 14.8 Å². The molecule has 4 rings (SSSR count). The van der Waals surface area contributed by atoms with Gasteiger partial charge in [-0.1, -0.05) is 19.9 Å². The minimum absolute atomic E-state index is 0.339. The number of halogens is 1. The summed E-state index contributed by atoms with van der Waals surface area (Å²) in [6.45, 7) is 9.97. The van der Waals surface area contributed by atoms with Gasteiger partial charge in [-0.2, -0.15) is 5.10 Å². The van der Waals surface area contributed by atoms with E-state index in [1.54, 1.807) is 18.6 Å². The van der Waals surface area contributed by atoms with Crippen molar-refractivity contribution in [3.05, 3.63) is 79.4 Å². The average Bonchev–Trinajstić information content (AvgIpc) is 3.25. The van der Waals surface area contributed by atoms with Crippen LogP contribution in [-0.2, 0) is 5.54 Å². The lowest BCUT2D eigenvalue weighted by Gasteiger charge is -2.33. The number of rotatable bonds is 9. The van der Waals surface area contributed by atoms with Gasteiger partial charge in [-0.3, -0.25) is 19.0 Å². The summed E-state index contributed by atoms with van der Waals surface area (Å²) in [6.07, 6.45) is 13.6. The molecule has 0 bridgehead atoms. The molecule has 1 atom stereocenters. The summed E-state index contributed by atoms with van der Waals surface area (Å²) in [7, 11) is 0. The first-order valence-electron chi connectivity index (χ1n) is 12.5. The standard InChI is InChI=1S/C30H36FN5O/c1-28(2,21-31)20-29(3,4)36-18-26(22-11-15-33-16-12-22)27(35-36)23-6-8-25(9-7-23)37-19-24-10-13-30(5,32)14-17-34-24/h6-18H,19-21,32H2,1-5H3. The van der Waals surface area contributed by atoms with Gasteiger partial charge in [0.15, 0.2) is 0 Å². The smallest absolute Gasteiger partial charge is 0.130 e. The lowest BCUT2D eigenvalue weighted by molar-refractivity contribution is 0.148. The third-order valence-corrected chi connectivity index (χ3v) is 6.42. The molecule has 0 saturated heterocycles. The van der Waals surface area contributed by atoms with Gasteiger partial charge in [0.25, 0.3) is 0 Å². The van der Waals surface area contributed by atoms with Crippen LogP contribution >= 0.6 is 0 Å². The second-order valence-corrected chi connectivity index (χ2v) is 11.3. The molecular weight excluding hydrogens is 465 g/mol. The van der Waals surface area contributed by atoms with Crippen LogP contribution in [0.4, 0.5) is 4.39 Å². The topological polar surface area (TPSA) is 78.3 Å². The van der Waals surface area contributed by atoms with Crippen molar-refractivity contribution in [3.63, 3.8) is 0 Å². The van der Waals surface area contributed by atoms with E-state index in [1.807, 2.05) is 80.1 Å². The molecule has 0 spiro atoms. The number of hydrogen-bond donors (Lipinski definition) is 1. The highest BCUT2D eigenvalue weighted by Gasteiger charge is 2.32. The van der Waals surface area contributed by atoms with Gasteiger partial charge in [0.1, 0.15) is 18.1 Å². The van der Waals surface area contributed by atoms with Crippen LogP contribution in [0.25, 0.3) is 22.4 Å². The van der Waals surface area contributed by atoms with Gasteiger partial charge in [0.2, 0.25) is 0 Å². The number of nitrogens with two attached hydrogens (primary N) is 1. The number of pyridine rings is 1. The number of nitrogens with zero attached hydrogens (tertiary/aromatic N) is 4. The van der Waals surface area contributed by atoms with Crippen LogP contribution in [0, 0.1) is 5.41 Å². The van der Waals surface area contributed by atoms with E-state index in [0.29, 0.717) is 13.0 Å². The molecule has 2 aromatic heterocycles. The highest BCUT2D eigenvalue weighted by Crippen LogP contribution is 2.37. The quantitative estimate of drug-likeness (QED) is 0.370. The Morgan fingerprint density at radius 3 is 2.38 bits per heavy atom. The molecule has 0 amide bonds. The zero-order chi connectivity index (χ0) is 26.7. The maximum absolute atomic E-state index is 13.6. The first-order valence-corrected chi connectivity index (χ1v) is 12.5. The van der Waals surface area contributed by atoms with Crippen molar-refractivity contribution in [2.45, 2.75) is 52.1 Å². The molecule has 0 saturated carbocycles. The highest BCUT2D eigenvalue weighted by atomic mass is 19.1. The Labute approximate surface area is 218 Å². The lowest BCUT2D eigenvalue weighted by Crippen LogP contribution is -2.34. The predicted octanol–water partition coefficient (Wildman–Crippen LogP) is 6.35. The van der Waals surface area contributed by atoms with E-state index in [4.69, 9.17) is 15.6 Å². The van der Waals surface area contributed by atoms with Gasteiger partial charge in [-0.25, -0.2) is 0 Å². The lowest BCUT2D eigenvalue weighted by atomic mass is 9.81. The van der Waals surface area contributed by atoms with Crippen molar-refractivity contribution >= 4 is 5.71 Å². The Kier molecular flexibility index (Phi) is 7.46. The number of ether oxygens (including phenoxy) is 1. The third-order valence-electron chi connectivity index (χ3n) is 6.42. The fraction of sp³-hybridized carbons (Fsp3) is 0.367. The molecule has 37 heavy (non-hydrogen) atoms. The van der Waals surface area contributed by atoms with Crippen molar-refractivity contribution in [1.29, 1.82) is 0 Å². The normalized spacial score (nSPS) is 18.0. The molecule has 3 aromatic rings. The van der Waals surface area contributed by atoms with Crippen LogP contribution in [0.1, 0.15) is 41.0 Å². The Morgan fingerprint density at radius 2 is 1.70 bits per heavy atom. The van der Waals surface area contributed by atoms with Crippen molar-refractivity contribution < 1.29 is 9.13 Å². The second-order valence-electron chi connectivity index (χ2n) is 11.3. The second kappa shape index (κ2) is 10.4. The zero-order valence-corrected chi connectivity index (χ0v) is 22.3. The van der Waals surface area contributed by atoms with Crippen LogP contribution in [0.15, 0.2) is 84.4 Å². The van der Waals surface area contributed by atoms with Crippen LogP contribution in [0.5, 0.6) is 5.75 Å². The molecule has 2 N–H and O–H groups in total. The molecule has 194 valence electrons. The first-order chi connectivity index (χ1) is 17.5. The Balaban J connectivity index is 1.60. The highest BCUT2D eigenvalue weighted by molar-refractivity contribution is 5.97.